The highest BCUT2D eigenvalue weighted by atomic mass is 16.8. The average Bonchev–Trinajstić information content (AvgIpc) is 2.25. The van der Waals surface area contributed by atoms with Crippen molar-refractivity contribution in [2.75, 3.05) is 6.61 Å². The van der Waals surface area contributed by atoms with E-state index in [-0.39, 0.29) is 12.7 Å². The summed E-state index contributed by atoms with van der Waals surface area (Å²) >= 11 is 0. The van der Waals surface area contributed by atoms with Crippen LogP contribution in [0.4, 0.5) is 0 Å². The highest BCUT2D eigenvalue weighted by Crippen LogP contribution is 2.27. The Kier molecular flexibility index (Phi) is 2.19. The molecule has 1 rings (SSSR count). The van der Waals surface area contributed by atoms with Crippen molar-refractivity contribution < 1.29 is 14.6 Å². The molecular formula is C8H12O3. The van der Waals surface area contributed by atoms with Gasteiger partial charge in [0.05, 0.1) is 6.61 Å². The molecule has 0 saturated carbocycles. The summed E-state index contributed by atoms with van der Waals surface area (Å²) in [5, 5.41) is 8.80. The maximum atomic E-state index is 8.80. The van der Waals surface area contributed by atoms with Crippen LogP contribution in [0.1, 0.15) is 13.8 Å². The fourth-order valence-corrected chi connectivity index (χ4v) is 1.11. The third-order valence-corrected chi connectivity index (χ3v) is 1.53. The Balaban J connectivity index is 2.64. The standard InChI is InChI=1S/C8H12O3/c1-4-6-7(5-9)11-8(2,3)10-6/h1,6-7,9H,5H2,2-3H3. The minimum Gasteiger partial charge on any atom is -0.394 e. The van der Waals surface area contributed by atoms with E-state index < -0.39 is 11.9 Å². The Bertz CT molecular complexity index is 180. The lowest BCUT2D eigenvalue weighted by Crippen LogP contribution is -2.24. The van der Waals surface area contributed by atoms with Crippen molar-refractivity contribution in [3.8, 4) is 12.3 Å². The average molecular weight is 156 g/mol. The molecule has 1 aliphatic rings. The molecule has 0 aromatic carbocycles. The molecule has 3 nitrogen and oxygen atoms in total. The van der Waals surface area contributed by atoms with Crippen LogP contribution >= 0.6 is 0 Å². The normalized spacial score (nSPS) is 35.1. The summed E-state index contributed by atoms with van der Waals surface area (Å²) in [5.41, 5.74) is 0. The van der Waals surface area contributed by atoms with Gasteiger partial charge in [0.25, 0.3) is 0 Å². The lowest BCUT2D eigenvalue weighted by atomic mass is 10.2. The van der Waals surface area contributed by atoms with Crippen LogP contribution in [-0.2, 0) is 9.47 Å². The van der Waals surface area contributed by atoms with Crippen molar-refractivity contribution in [1.82, 2.24) is 0 Å². The molecule has 1 N–H and O–H groups in total. The lowest BCUT2D eigenvalue weighted by molar-refractivity contribution is -0.145. The fraction of sp³-hybridized carbons (Fsp3) is 0.750. The van der Waals surface area contributed by atoms with Crippen LogP contribution < -0.4 is 0 Å². The molecule has 0 bridgehead atoms. The number of hydrogen-bond donors (Lipinski definition) is 1. The molecule has 62 valence electrons. The Labute approximate surface area is 66.3 Å². The summed E-state index contributed by atoms with van der Waals surface area (Å²) in [7, 11) is 0. The Morgan fingerprint density at radius 3 is 2.55 bits per heavy atom. The molecular weight excluding hydrogens is 144 g/mol. The zero-order valence-corrected chi connectivity index (χ0v) is 6.70. The van der Waals surface area contributed by atoms with Crippen molar-refractivity contribution >= 4 is 0 Å². The van der Waals surface area contributed by atoms with Crippen LogP contribution in [0.15, 0.2) is 0 Å². The van der Waals surface area contributed by atoms with E-state index >= 15 is 0 Å². The summed E-state index contributed by atoms with van der Waals surface area (Å²) in [6, 6.07) is 0. The molecule has 0 spiro atoms. The zero-order valence-electron chi connectivity index (χ0n) is 6.70. The van der Waals surface area contributed by atoms with E-state index in [4.69, 9.17) is 21.0 Å². The van der Waals surface area contributed by atoms with Crippen LogP contribution in [0.5, 0.6) is 0 Å². The van der Waals surface area contributed by atoms with Gasteiger partial charge in [0.1, 0.15) is 12.2 Å². The smallest absolute Gasteiger partial charge is 0.165 e. The Morgan fingerprint density at radius 1 is 1.55 bits per heavy atom. The summed E-state index contributed by atoms with van der Waals surface area (Å²) in [6.45, 7) is 3.44. The molecule has 2 atom stereocenters. The predicted molar refractivity (Wildman–Crippen MR) is 39.7 cm³/mol. The van der Waals surface area contributed by atoms with Gasteiger partial charge in [0.15, 0.2) is 5.79 Å². The van der Waals surface area contributed by atoms with Gasteiger partial charge in [-0.1, -0.05) is 5.92 Å². The minimum absolute atomic E-state index is 0.0989. The third kappa shape index (κ3) is 1.72. The highest BCUT2D eigenvalue weighted by molar-refractivity contribution is 5.02. The molecule has 0 radical (unpaired) electrons. The van der Waals surface area contributed by atoms with E-state index in [2.05, 4.69) is 5.92 Å². The summed E-state index contributed by atoms with van der Waals surface area (Å²) < 4.78 is 10.6. The first-order chi connectivity index (χ1) is 5.09. The first-order valence-corrected chi connectivity index (χ1v) is 3.51. The number of aliphatic hydroxyl groups is 1. The second kappa shape index (κ2) is 2.82. The van der Waals surface area contributed by atoms with Crippen LogP contribution in [0.2, 0.25) is 0 Å². The molecule has 1 saturated heterocycles. The van der Waals surface area contributed by atoms with E-state index in [1.807, 2.05) is 0 Å². The van der Waals surface area contributed by atoms with Gasteiger partial charge in [0.2, 0.25) is 0 Å². The summed E-state index contributed by atoms with van der Waals surface area (Å²) in [6.07, 6.45) is 4.35. The second-order valence-electron chi connectivity index (χ2n) is 2.94. The van der Waals surface area contributed by atoms with E-state index in [0.29, 0.717) is 0 Å². The second-order valence-corrected chi connectivity index (χ2v) is 2.94. The largest absolute Gasteiger partial charge is 0.394 e. The predicted octanol–water partition coefficient (Wildman–Crippen LogP) is 0.132. The van der Waals surface area contributed by atoms with E-state index in [1.165, 1.54) is 0 Å². The fourth-order valence-electron chi connectivity index (χ4n) is 1.11. The van der Waals surface area contributed by atoms with Gasteiger partial charge in [-0.25, -0.2) is 0 Å². The van der Waals surface area contributed by atoms with Gasteiger partial charge in [-0.05, 0) is 13.8 Å². The molecule has 1 aliphatic heterocycles. The highest BCUT2D eigenvalue weighted by Gasteiger charge is 2.39. The van der Waals surface area contributed by atoms with Crippen LogP contribution in [0, 0.1) is 12.3 Å². The molecule has 3 heteroatoms. The Hall–Kier alpha value is -0.560. The number of rotatable bonds is 1. The van der Waals surface area contributed by atoms with Crippen molar-refractivity contribution in [2.24, 2.45) is 0 Å². The maximum absolute atomic E-state index is 8.80. The van der Waals surface area contributed by atoms with Crippen molar-refractivity contribution in [3.63, 3.8) is 0 Å². The molecule has 0 amide bonds. The first-order valence-electron chi connectivity index (χ1n) is 3.51. The van der Waals surface area contributed by atoms with E-state index in [9.17, 15) is 0 Å². The summed E-state index contributed by atoms with van der Waals surface area (Å²) in [5.74, 6) is 1.75. The number of ether oxygens (including phenoxy) is 2. The van der Waals surface area contributed by atoms with E-state index in [1.54, 1.807) is 13.8 Å². The van der Waals surface area contributed by atoms with Gasteiger partial charge in [0, 0.05) is 0 Å². The molecule has 0 aromatic heterocycles. The molecule has 11 heavy (non-hydrogen) atoms. The van der Waals surface area contributed by atoms with E-state index in [0.717, 1.165) is 0 Å². The van der Waals surface area contributed by atoms with Gasteiger partial charge < -0.3 is 14.6 Å². The maximum Gasteiger partial charge on any atom is 0.165 e. The number of terminal acetylenes is 1. The van der Waals surface area contributed by atoms with Crippen molar-refractivity contribution in [3.05, 3.63) is 0 Å². The molecule has 2 unspecified atom stereocenters. The quantitative estimate of drug-likeness (QED) is 0.548. The minimum atomic E-state index is -0.662. The van der Waals surface area contributed by atoms with Crippen LogP contribution in [-0.4, -0.2) is 29.7 Å². The van der Waals surface area contributed by atoms with Crippen molar-refractivity contribution in [2.45, 2.75) is 31.8 Å². The van der Waals surface area contributed by atoms with Crippen LogP contribution in [0.3, 0.4) is 0 Å². The number of aliphatic hydroxyl groups excluding tert-OH is 1. The van der Waals surface area contributed by atoms with Gasteiger partial charge in [-0.2, -0.15) is 0 Å². The first kappa shape index (κ1) is 8.54. The van der Waals surface area contributed by atoms with Gasteiger partial charge in [-0.3, -0.25) is 0 Å². The van der Waals surface area contributed by atoms with Gasteiger partial charge in [-0.15, -0.1) is 6.42 Å². The van der Waals surface area contributed by atoms with Crippen molar-refractivity contribution in [1.29, 1.82) is 0 Å². The molecule has 0 aliphatic carbocycles. The molecule has 0 aromatic rings. The SMILES string of the molecule is C#CC1OC(C)(C)OC1CO. The van der Waals surface area contributed by atoms with Crippen LogP contribution in [0.25, 0.3) is 0 Å². The number of hydrogen-bond acceptors (Lipinski definition) is 3. The Morgan fingerprint density at radius 2 is 2.18 bits per heavy atom. The van der Waals surface area contributed by atoms with Gasteiger partial charge >= 0.3 is 0 Å². The molecule has 1 fully saturated rings. The lowest BCUT2D eigenvalue weighted by Gasteiger charge is -2.15. The zero-order chi connectivity index (χ0) is 8.48. The molecule has 1 heterocycles. The monoisotopic (exact) mass is 156 g/mol. The topological polar surface area (TPSA) is 38.7 Å². The third-order valence-electron chi connectivity index (χ3n) is 1.53. The summed E-state index contributed by atoms with van der Waals surface area (Å²) in [4.78, 5) is 0.